The van der Waals surface area contributed by atoms with E-state index in [1.165, 1.54) is 12.3 Å². The van der Waals surface area contributed by atoms with Gasteiger partial charge in [-0.1, -0.05) is 46.3 Å². The zero-order chi connectivity index (χ0) is 23.6. The lowest BCUT2D eigenvalue weighted by Crippen LogP contribution is -2.25. The molecule has 4 nitrogen and oxygen atoms in total. The fourth-order valence-corrected chi connectivity index (χ4v) is 4.14. The molecule has 1 atom stereocenters. The second-order valence-corrected chi connectivity index (χ2v) is 8.35. The highest BCUT2D eigenvalue weighted by Gasteiger charge is 2.40. The number of esters is 1. The Balaban J connectivity index is 1.85. The molecule has 0 radical (unpaired) electrons. The van der Waals surface area contributed by atoms with Crippen molar-refractivity contribution >= 4 is 21.9 Å². The zero-order valence-corrected chi connectivity index (χ0v) is 19.2. The molecule has 0 aliphatic heterocycles. The first-order valence-corrected chi connectivity index (χ1v) is 11.1. The second-order valence-electron chi connectivity index (χ2n) is 7.43. The third-order valence-electron chi connectivity index (χ3n) is 5.36. The Bertz CT molecular complexity index is 1210. The lowest BCUT2D eigenvalue weighted by molar-refractivity contribution is -0.0982. The maximum absolute atomic E-state index is 13.9. The van der Waals surface area contributed by atoms with E-state index in [0.717, 1.165) is 16.1 Å². The van der Waals surface area contributed by atoms with Crippen LogP contribution in [0.3, 0.4) is 0 Å². The molecule has 2 aromatic heterocycles. The predicted octanol–water partition coefficient (Wildman–Crippen LogP) is 7.15. The Labute approximate surface area is 197 Å². The summed E-state index contributed by atoms with van der Waals surface area (Å²) in [5.74, 6) is -0.498. The van der Waals surface area contributed by atoms with Crippen molar-refractivity contribution in [1.82, 2.24) is 9.55 Å². The lowest BCUT2D eigenvalue weighted by Gasteiger charge is -2.29. The Morgan fingerprint density at radius 2 is 1.85 bits per heavy atom. The molecular weight excluding hydrogens is 497 g/mol. The van der Waals surface area contributed by atoms with Crippen LogP contribution in [0.4, 0.5) is 13.2 Å². The molecule has 0 fully saturated rings. The fourth-order valence-electron chi connectivity index (χ4n) is 3.87. The van der Waals surface area contributed by atoms with E-state index in [1.54, 1.807) is 41.8 Å². The van der Waals surface area contributed by atoms with Crippen LogP contribution in [0.15, 0.2) is 83.0 Å². The van der Waals surface area contributed by atoms with Crippen molar-refractivity contribution in [3.8, 4) is 22.6 Å². The summed E-state index contributed by atoms with van der Waals surface area (Å²) in [5.41, 5.74) is 2.07. The number of carbonyl (C=O) groups excluding carboxylic acids is 1. The van der Waals surface area contributed by atoms with Gasteiger partial charge in [-0.3, -0.25) is 4.98 Å². The highest BCUT2D eigenvalue weighted by molar-refractivity contribution is 9.10. The molecule has 0 N–H and O–H groups in total. The number of hydrogen-bond donors (Lipinski definition) is 0. The van der Waals surface area contributed by atoms with Crippen LogP contribution in [-0.2, 0) is 4.74 Å². The van der Waals surface area contributed by atoms with Gasteiger partial charge in [0.25, 0.3) is 0 Å². The van der Waals surface area contributed by atoms with E-state index in [9.17, 15) is 18.0 Å². The molecule has 1 aliphatic carbocycles. The van der Waals surface area contributed by atoms with Crippen LogP contribution in [0.2, 0.25) is 0 Å². The monoisotopic (exact) mass is 516 g/mol. The molecule has 33 heavy (non-hydrogen) atoms. The van der Waals surface area contributed by atoms with Crippen molar-refractivity contribution in [3.63, 3.8) is 0 Å². The van der Waals surface area contributed by atoms with Crippen LogP contribution < -0.4 is 0 Å². The molecule has 2 heterocycles. The number of aromatic nitrogens is 2. The van der Waals surface area contributed by atoms with Crippen molar-refractivity contribution in [1.29, 1.82) is 0 Å². The van der Waals surface area contributed by atoms with Gasteiger partial charge in [-0.05, 0) is 55.3 Å². The maximum atomic E-state index is 13.9. The van der Waals surface area contributed by atoms with E-state index in [-0.39, 0.29) is 18.6 Å². The summed E-state index contributed by atoms with van der Waals surface area (Å²) < 4.78 is 49.3. The molecule has 0 spiro atoms. The third kappa shape index (κ3) is 4.80. The van der Waals surface area contributed by atoms with E-state index in [1.807, 2.05) is 24.3 Å². The normalized spacial score (nSPS) is 15.9. The van der Waals surface area contributed by atoms with Crippen molar-refractivity contribution < 1.29 is 22.7 Å². The van der Waals surface area contributed by atoms with Gasteiger partial charge in [-0.15, -0.1) is 0 Å². The fraction of sp³-hybridized carbons (Fsp3) is 0.200. The SMILES string of the molecule is CCOC(=O)c1ccc(-c2ccc(-c3ccc(Br)cc3)n2C2CC=CC=C2C(F)(F)F)nc1. The number of carbonyl (C=O) groups is 1. The first-order valence-electron chi connectivity index (χ1n) is 10.3. The maximum Gasteiger partial charge on any atom is 0.414 e. The Morgan fingerprint density at radius 3 is 2.48 bits per heavy atom. The molecule has 0 saturated carbocycles. The minimum Gasteiger partial charge on any atom is -0.462 e. The van der Waals surface area contributed by atoms with Crippen LogP contribution in [0.5, 0.6) is 0 Å². The number of ether oxygens (including phenoxy) is 1. The molecule has 1 unspecified atom stereocenters. The molecule has 1 aliphatic rings. The van der Waals surface area contributed by atoms with E-state index in [2.05, 4.69) is 20.9 Å². The number of rotatable bonds is 5. The highest BCUT2D eigenvalue weighted by Crippen LogP contribution is 2.43. The summed E-state index contributed by atoms with van der Waals surface area (Å²) in [6.07, 6.45) is 1.39. The average molecular weight is 517 g/mol. The number of allylic oxidation sites excluding steroid dienone is 4. The van der Waals surface area contributed by atoms with Crippen LogP contribution in [0.1, 0.15) is 29.7 Å². The van der Waals surface area contributed by atoms with Gasteiger partial charge in [0.2, 0.25) is 0 Å². The van der Waals surface area contributed by atoms with Crippen LogP contribution in [0, 0.1) is 0 Å². The van der Waals surface area contributed by atoms with Gasteiger partial charge in [0.15, 0.2) is 0 Å². The molecular formula is C25H20BrF3N2O2. The second kappa shape index (κ2) is 9.39. The smallest absolute Gasteiger partial charge is 0.414 e. The zero-order valence-electron chi connectivity index (χ0n) is 17.6. The molecule has 170 valence electrons. The summed E-state index contributed by atoms with van der Waals surface area (Å²) in [7, 11) is 0. The summed E-state index contributed by atoms with van der Waals surface area (Å²) in [4.78, 5) is 16.3. The van der Waals surface area contributed by atoms with E-state index < -0.39 is 23.8 Å². The molecule has 0 bridgehead atoms. The van der Waals surface area contributed by atoms with E-state index >= 15 is 0 Å². The molecule has 4 rings (SSSR count). The van der Waals surface area contributed by atoms with E-state index in [0.29, 0.717) is 17.1 Å². The lowest BCUT2D eigenvalue weighted by atomic mass is 9.97. The van der Waals surface area contributed by atoms with Gasteiger partial charge in [0.1, 0.15) is 0 Å². The van der Waals surface area contributed by atoms with Gasteiger partial charge in [0, 0.05) is 16.4 Å². The Kier molecular flexibility index (Phi) is 6.56. The van der Waals surface area contributed by atoms with Crippen LogP contribution in [-0.4, -0.2) is 28.3 Å². The Hall–Kier alpha value is -3.13. The van der Waals surface area contributed by atoms with Gasteiger partial charge < -0.3 is 9.30 Å². The standard InChI is InChI=1S/C25H20BrF3N2O2/c1-2-33-24(32)17-9-12-20(30-15-17)23-14-13-21(16-7-10-18(26)11-8-16)31(23)22-6-4-3-5-19(22)25(27,28)29/h3-5,7-15,22H,2,6H2,1H3. The molecule has 1 aromatic carbocycles. The highest BCUT2D eigenvalue weighted by atomic mass is 79.9. The van der Waals surface area contributed by atoms with E-state index in [4.69, 9.17) is 4.74 Å². The Morgan fingerprint density at radius 1 is 1.12 bits per heavy atom. The van der Waals surface area contributed by atoms with Crippen molar-refractivity contribution in [2.24, 2.45) is 0 Å². The minimum atomic E-state index is -4.48. The van der Waals surface area contributed by atoms with Gasteiger partial charge in [0.05, 0.1) is 35.2 Å². The topological polar surface area (TPSA) is 44.1 Å². The largest absolute Gasteiger partial charge is 0.462 e. The molecule has 0 saturated heterocycles. The first-order chi connectivity index (χ1) is 15.8. The number of hydrogen-bond acceptors (Lipinski definition) is 3. The van der Waals surface area contributed by atoms with Crippen molar-refractivity contribution in [2.75, 3.05) is 6.61 Å². The molecule has 8 heteroatoms. The van der Waals surface area contributed by atoms with Crippen LogP contribution in [0.25, 0.3) is 22.6 Å². The predicted molar refractivity (Wildman–Crippen MR) is 124 cm³/mol. The molecule has 3 aromatic rings. The molecule has 0 amide bonds. The minimum absolute atomic E-state index is 0.192. The summed E-state index contributed by atoms with van der Waals surface area (Å²) in [6, 6.07) is 13.2. The summed E-state index contributed by atoms with van der Waals surface area (Å²) >= 11 is 3.40. The number of pyridine rings is 1. The number of benzene rings is 1. The summed E-state index contributed by atoms with van der Waals surface area (Å²) in [6.45, 7) is 1.95. The van der Waals surface area contributed by atoms with Crippen LogP contribution >= 0.6 is 15.9 Å². The quantitative estimate of drug-likeness (QED) is 0.338. The first kappa shape index (κ1) is 23.0. The number of halogens is 4. The average Bonchev–Trinajstić information content (AvgIpc) is 3.24. The van der Waals surface area contributed by atoms with Crippen molar-refractivity contribution in [2.45, 2.75) is 25.6 Å². The van der Waals surface area contributed by atoms with Gasteiger partial charge in [-0.25, -0.2) is 4.79 Å². The van der Waals surface area contributed by atoms with Crippen molar-refractivity contribution in [3.05, 3.63) is 88.6 Å². The number of nitrogens with zero attached hydrogens (tertiary/aromatic N) is 2. The summed E-state index contributed by atoms with van der Waals surface area (Å²) in [5, 5.41) is 0. The number of alkyl halides is 3. The van der Waals surface area contributed by atoms with Gasteiger partial charge in [-0.2, -0.15) is 13.2 Å². The third-order valence-corrected chi connectivity index (χ3v) is 5.89. The van der Waals surface area contributed by atoms with Gasteiger partial charge >= 0.3 is 12.1 Å².